The first-order chi connectivity index (χ1) is 8.41. The topological polar surface area (TPSA) is 58.6 Å². The van der Waals surface area contributed by atoms with Crippen LogP contribution in [-0.2, 0) is 10.3 Å². The maximum absolute atomic E-state index is 12.1. The molecule has 96 valence electrons. The molecule has 1 aromatic rings. The number of urea groups is 1. The van der Waals surface area contributed by atoms with Crippen LogP contribution in [0.25, 0.3) is 0 Å². The zero-order chi connectivity index (χ0) is 13.5. The highest BCUT2D eigenvalue weighted by atomic mass is 16.5. The number of methoxy groups -OCH3 is 1. The van der Waals surface area contributed by atoms with Gasteiger partial charge in [0.25, 0.3) is 5.91 Å². The zero-order valence-corrected chi connectivity index (χ0v) is 10.9. The maximum atomic E-state index is 12.1. The summed E-state index contributed by atoms with van der Waals surface area (Å²) in [6.45, 7) is 3.64. The number of nitrogens with one attached hydrogen (secondary N) is 1. The summed E-state index contributed by atoms with van der Waals surface area (Å²) in [7, 11) is 3.15. The van der Waals surface area contributed by atoms with Gasteiger partial charge in [0, 0.05) is 12.6 Å². The third-order valence-corrected chi connectivity index (χ3v) is 3.52. The third kappa shape index (κ3) is 1.54. The van der Waals surface area contributed by atoms with E-state index in [1.165, 1.54) is 4.90 Å². The molecule has 0 saturated carbocycles. The van der Waals surface area contributed by atoms with E-state index in [0.717, 1.165) is 5.56 Å². The minimum atomic E-state index is -1.03. The van der Waals surface area contributed by atoms with Crippen LogP contribution < -0.4 is 10.1 Å². The molecule has 1 atom stereocenters. The second-order valence-corrected chi connectivity index (χ2v) is 4.59. The molecule has 1 saturated heterocycles. The molecule has 0 aromatic heterocycles. The molecule has 2 rings (SSSR count). The van der Waals surface area contributed by atoms with E-state index in [0.29, 0.717) is 11.3 Å². The van der Waals surface area contributed by atoms with E-state index in [-0.39, 0.29) is 5.91 Å². The molecule has 0 spiro atoms. The normalized spacial score (nSPS) is 23.2. The first-order valence-electron chi connectivity index (χ1n) is 5.65. The number of carbonyl (C=O) groups is 2. The SMILES string of the molecule is COc1ccc(C)cc1C1(C)C(=O)NC(=O)N1C. The number of benzene rings is 1. The number of aryl methyl sites for hydroxylation is 1. The molecule has 1 aliphatic rings. The lowest BCUT2D eigenvalue weighted by molar-refractivity contribution is -0.126. The first kappa shape index (κ1) is 12.4. The van der Waals surface area contributed by atoms with E-state index >= 15 is 0 Å². The summed E-state index contributed by atoms with van der Waals surface area (Å²) in [5.41, 5.74) is 0.664. The Kier molecular flexibility index (Phi) is 2.77. The van der Waals surface area contributed by atoms with Gasteiger partial charge >= 0.3 is 6.03 Å². The van der Waals surface area contributed by atoms with E-state index in [9.17, 15) is 9.59 Å². The van der Waals surface area contributed by atoms with Crippen molar-refractivity contribution in [3.8, 4) is 5.75 Å². The number of likely N-dealkylation sites (N-methyl/N-ethyl adjacent to an activating group) is 1. The Hall–Kier alpha value is -2.04. The second-order valence-electron chi connectivity index (χ2n) is 4.59. The number of imide groups is 1. The Labute approximate surface area is 106 Å². The van der Waals surface area contributed by atoms with Gasteiger partial charge in [-0.25, -0.2) is 4.79 Å². The number of rotatable bonds is 2. The highest BCUT2D eigenvalue weighted by Crippen LogP contribution is 2.37. The van der Waals surface area contributed by atoms with Crippen LogP contribution in [0.4, 0.5) is 4.79 Å². The average molecular weight is 248 g/mol. The highest BCUT2D eigenvalue weighted by Gasteiger charge is 2.50. The van der Waals surface area contributed by atoms with Gasteiger partial charge in [-0.15, -0.1) is 0 Å². The van der Waals surface area contributed by atoms with Crippen LogP contribution in [0, 0.1) is 6.92 Å². The van der Waals surface area contributed by atoms with Gasteiger partial charge in [-0.05, 0) is 26.0 Å². The molecule has 1 aliphatic heterocycles. The molecule has 0 bridgehead atoms. The van der Waals surface area contributed by atoms with Crippen LogP contribution in [0.1, 0.15) is 18.1 Å². The lowest BCUT2D eigenvalue weighted by Gasteiger charge is -2.30. The molecule has 3 amide bonds. The highest BCUT2D eigenvalue weighted by molar-refractivity contribution is 6.07. The van der Waals surface area contributed by atoms with Crippen LogP contribution in [0.2, 0.25) is 0 Å². The van der Waals surface area contributed by atoms with E-state index in [1.807, 2.05) is 19.1 Å². The van der Waals surface area contributed by atoms with Gasteiger partial charge in [0.15, 0.2) is 0 Å². The Morgan fingerprint density at radius 1 is 1.33 bits per heavy atom. The summed E-state index contributed by atoms with van der Waals surface area (Å²) >= 11 is 0. The molecule has 1 unspecified atom stereocenters. The predicted octanol–water partition coefficient (Wildman–Crippen LogP) is 1.40. The molecule has 18 heavy (non-hydrogen) atoms. The molecular formula is C13H16N2O3. The Balaban J connectivity index is 2.63. The zero-order valence-electron chi connectivity index (χ0n) is 10.9. The summed E-state index contributed by atoms with van der Waals surface area (Å²) in [5, 5.41) is 2.32. The number of hydrogen-bond donors (Lipinski definition) is 1. The van der Waals surface area contributed by atoms with Crippen molar-refractivity contribution in [2.45, 2.75) is 19.4 Å². The van der Waals surface area contributed by atoms with E-state index < -0.39 is 11.6 Å². The van der Waals surface area contributed by atoms with Gasteiger partial charge < -0.3 is 9.64 Å². The van der Waals surface area contributed by atoms with Gasteiger partial charge in [-0.2, -0.15) is 0 Å². The summed E-state index contributed by atoms with van der Waals surface area (Å²) in [6.07, 6.45) is 0. The average Bonchev–Trinajstić information content (AvgIpc) is 2.54. The third-order valence-electron chi connectivity index (χ3n) is 3.52. The number of carbonyl (C=O) groups excluding carboxylic acids is 2. The smallest absolute Gasteiger partial charge is 0.325 e. The van der Waals surface area contributed by atoms with Crippen LogP contribution in [0.5, 0.6) is 5.75 Å². The summed E-state index contributed by atoms with van der Waals surface area (Å²) in [6, 6.07) is 5.18. The van der Waals surface area contributed by atoms with Crippen molar-refractivity contribution in [3.63, 3.8) is 0 Å². The fourth-order valence-electron chi connectivity index (χ4n) is 2.16. The number of ether oxygens (including phenoxy) is 1. The largest absolute Gasteiger partial charge is 0.496 e. The molecule has 0 radical (unpaired) electrons. The molecule has 1 N–H and O–H groups in total. The minimum absolute atomic E-state index is 0.334. The van der Waals surface area contributed by atoms with Crippen molar-refractivity contribution in [2.75, 3.05) is 14.2 Å². The van der Waals surface area contributed by atoms with E-state index in [1.54, 1.807) is 27.1 Å². The molecular weight excluding hydrogens is 232 g/mol. The standard InChI is InChI=1S/C13H16N2O3/c1-8-5-6-10(18-4)9(7-8)13(2)11(16)14-12(17)15(13)3/h5-7H,1-4H3,(H,14,16,17). The molecule has 5 heteroatoms. The lowest BCUT2D eigenvalue weighted by atomic mass is 9.89. The molecule has 0 aliphatic carbocycles. The number of nitrogens with zero attached hydrogens (tertiary/aromatic N) is 1. The predicted molar refractivity (Wildman–Crippen MR) is 66.4 cm³/mol. The van der Waals surface area contributed by atoms with E-state index in [4.69, 9.17) is 4.74 Å². The summed E-state index contributed by atoms with van der Waals surface area (Å²) in [5.74, 6) is 0.263. The summed E-state index contributed by atoms with van der Waals surface area (Å²) in [4.78, 5) is 25.1. The Morgan fingerprint density at radius 3 is 2.50 bits per heavy atom. The fourth-order valence-corrected chi connectivity index (χ4v) is 2.16. The van der Waals surface area contributed by atoms with Gasteiger partial charge in [-0.3, -0.25) is 10.1 Å². The molecule has 1 fully saturated rings. The van der Waals surface area contributed by atoms with Crippen LogP contribution in [-0.4, -0.2) is 31.0 Å². The quantitative estimate of drug-likeness (QED) is 0.805. The van der Waals surface area contributed by atoms with Gasteiger partial charge in [0.05, 0.1) is 7.11 Å². The van der Waals surface area contributed by atoms with Crippen molar-refractivity contribution in [3.05, 3.63) is 29.3 Å². The Morgan fingerprint density at radius 2 is 2.00 bits per heavy atom. The fraction of sp³-hybridized carbons (Fsp3) is 0.385. The van der Waals surface area contributed by atoms with Gasteiger partial charge in [0.2, 0.25) is 0 Å². The monoisotopic (exact) mass is 248 g/mol. The van der Waals surface area contributed by atoms with Crippen molar-refractivity contribution >= 4 is 11.9 Å². The minimum Gasteiger partial charge on any atom is -0.496 e. The number of hydrogen-bond acceptors (Lipinski definition) is 3. The van der Waals surface area contributed by atoms with Crippen LogP contribution in [0.15, 0.2) is 18.2 Å². The lowest BCUT2D eigenvalue weighted by Crippen LogP contribution is -2.42. The molecule has 5 nitrogen and oxygen atoms in total. The van der Waals surface area contributed by atoms with Crippen molar-refractivity contribution in [1.82, 2.24) is 10.2 Å². The number of amides is 3. The van der Waals surface area contributed by atoms with Crippen LogP contribution in [0.3, 0.4) is 0 Å². The van der Waals surface area contributed by atoms with Gasteiger partial charge in [0.1, 0.15) is 11.3 Å². The van der Waals surface area contributed by atoms with Crippen molar-refractivity contribution in [1.29, 1.82) is 0 Å². The molecule has 1 heterocycles. The van der Waals surface area contributed by atoms with E-state index in [2.05, 4.69) is 5.32 Å². The van der Waals surface area contributed by atoms with Crippen molar-refractivity contribution < 1.29 is 14.3 Å². The van der Waals surface area contributed by atoms with Crippen LogP contribution >= 0.6 is 0 Å². The van der Waals surface area contributed by atoms with Crippen molar-refractivity contribution in [2.24, 2.45) is 0 Å². The first-order valence-corrected chi connectivity index (χ1v) is 5.65. The Bertz CT molecular complexity index is 527. The second kappa shape index (κ2) is 4.01. The summed E-state index contributed by atoms with van der Waals surface area (Å²) < 4.78 is 5.29. The maximum Gasteiger partial charge on any atom is 0.325 e. The molecule has 1 aromatic carbocycles. The van der Waals surface area contributed by atoms with Gasteiger partial charge in [-0.1, -0.05) is 11.6 Å².